The number of aromatic amines is 1. The number of hydrogen-bond acceptors (Lipinski definition) is 3. The fraction of sp³-hybridized carbons (Fsp3) is 0.444. The molecule has 2 aromatic heterocycles. The molecule has 0 bridgehead atoms. The maximum absolute atomic E-state index is 4.45. The zero-order valence-corrected chi connectivity index (χ0v) is 13.0. The van der Waals surface area contributed by atoms with Crippen molar-refractivity contribution in [3.8, 4) is 0 Å². The van der Waals surface area contributed by atoms with E-state index in [1.54, 1.807) is 6.33 Å². The van der Waals surface area contributed by atoms with Crippen molar-refractivity contribution < 1.29 is 0 Å². The minimum atomic E-state index is 0.769. The Bertz CT molecular complexity index is 784. The highest BCUT2D eigenvalue weighted by atomic mass is 15.0. The predicted octanol–water partition coefficient (Wildman–Crippen LogP) is 4.35. The molecule has 0 unspecified atom stereocenters. The number of rotatable bonds is 3. The van der Waals surface area contributed by atoms with Crippen LogP contribution < -0.4 is 5.32 Å². The van der Waals surface area contributed by atoms with Crippen LogP contribution >= 0.6 is 0 Å². The molecule has 4 heteroatoms. The van der Waals surface area contributed by atoms with Gasteiger partial charge in [0.1, 0.15) is 17.4 Å². The molecule has 4 nitrogen and oxygen atoms in total. The van der Waals surface area contributed by atoms with E-state index in [2.05, 4.69) is 39.3 Å². The van der Waals surface area contributed by atoms with Gasteiger partial charge in [-0.25, -0.2) is 9.97 Å². The molecule has 1 fully saturated rings. The van der Waals surface area contributed by atoms with E-state index in [0.717, 1.165) is 46.1 Å². The minimum absolute atomic E-state index is 0.769. The van der Waals surface area contributed by atoms with E-state index in [1.165, 1.54) is 25.7 Å². The number of anilines is 1. The number of fused-ring (bicyclic) bond motifs is 3. The Balaban J connectivity index is 1.59. The van der Waals surface area contributed by atoms with Gasteiger partial charge in [0.05, 0.1) is 0 Å². The first kappa shape index (κ1) is 13.6. The lowest BCUT2D eigenvalue weighted by Crippen LogP contribution is -2.20. The van der Waals surface area contributed by atoms with Crippen molar-refractivity contribution in [2.45, 2.75) is 32.6 Å². The summed E-state index contributed by atoms with van der Waals surface area (Å²) in [4.78, 5) is 12.4. The lowest BCUT2D eigenvalue weighted by Gasteiger charge is -2.26. The zero-order chi connectivity index (χ0) is 14.9. The van der Waals surface area contributed by atoms with Gasteiger partial charge < -0.3 is 10.3 Å². The first-order valence-corrected chi connectivity index (χ1v) is 8.26. The van der Waals surface area contributed by atoms with Crippen molar-refractivity contribution in [1.29, 1.82) is 0 Å². The van der Waals surface area contributed by atoms with E-state index in [0.29, 0.717) is 0 Å². The second-order valence-corrected chi connectivity index (χ2v) is 6.62. The van der Waals surface area contributed by atoms with Crippen LogP contribution in [0.25, 0.3) is 21.9 Å². The summed E-state index contributed by atoms with van der Waals surface area (Å²) >= 11 is 0. The highest BCUT2D eigenvalue weighted by molar-refractivity contribution is 6.07. The van der Waals surface area contributed by atoms with Crippen LogP contribution in [0.3, 0.4) is 0 Å². The van der Waals surface area contributed by atoms with E-state index < -0.39 is 0 Å². The fourth-order valence-corrected chi connectivity index (χ4v) is 3.55. The zero-order valence-electron chi connectivity index (χ0n) is 13.0. The van der Waals surface area contributed by atoms with Crippen molar-refractivity contribution in [1.82, 2.24) is 15.0 Å². The van der Waals surface area contributed by atoms with Crippen LogP contribution in [0.4, 0.5) is 5.82 Å². The van der Waals surface area contributed by atoms with Gasteiger partial charge in [-0.05, 0) is 30.7 Å². The summed E-state index contributed by atoms with van der Waals surface area (Å²) in [7, 11) is 0. The number of aromatic nitrogens is 3. The van der Waals surface area contributed by atoms with Gasteiger partial charge in [-0.1, -0.05) is 38.0 Å². The van der Waals surface area contributed by atoms with Gasteiger partial charge in [0, 0.05) is 17.4 Å². The van der Waals surface area contributed by atoms with Crippen LogP contribution in [-0.4, -0.2) is 21.5 Å². The second-order valence-electron chi connectivity index (χ2n) is 6.62. The first-order chi connectivity index (χ1) is 10.8. The normalized spacial score (nSPS) is 22.2. The van der Waals surface area contributed by atoms with Gasteiger partial charge in [-0.3, -0.25) is 0 Å². The quantitative estimate of drug-likeness (QED) is 0.755. The van der Waals surface area contributed by atoms with Gasteiger partial charge in [0.2, 0.25) is 0 Å². The predicted molar refractivity (Wildman–Crippen MR) is 91.0 cm³/mol. The third-order valence-corrected chi connectivity index (χ3v) is 4.98. The average molecular weight is 294 g/mol. The summed E-state index contributed by atoms with van der Waals surface area (Å²) in [6.45, 7) is 3.37. The summed E-state index contributed by atoms with van der Waals surface area (Å²) in [5.74, 6) is 2.60. The highest BCUT2D eigenvalue weighted by Crippen LogP contribution is 2.30. The van der Waals surface area contributed by atoms with E-state index in [9.17, 15) is 0 Å². The molecule has 3 aromatic rings. The Morgan fingerprint density at radius 1 is 1.14 bits per heavy atom. The summed E-state index contributed by atoms with van der Waals surface area (Å²) < 4.78 is 0. The smallest absolute Gasteiger partial charge is 0.153 e. The van der Waals surface area contributed by atoms with Gasteiger partial charge >= 0.3 is 0 Å². The third kappa shape index (κ3) is 2.43. The van der Waals surface area contributed by atoms with Gasteiger partial charge in [0.25, 0.3) is 0 Å². The number of nitrogens with one attached hydrogen (secondary N) is 2. The number of nitrogens with zero attached hydrogens (tertiary/aromatic N) is 2. The van der Waals surface area contributed by atoms with Crippen molar-refractivity contribution in [3.63, 3.8) is 0 Å². The standard InChI is InChI=1S/C18H22N4/c1-12-6-8-13(9-7-12)10-19-18-17-16(20-11-21-18)14-4-2-3-5-15(14)22-17/h2-5,11-13,22H,6-10H2,1H3,(H,19,20,21). The van der Waals surface area contributed by atoms with Gasteiger partial charge in [-0.2, -0.15) is 0 Å². The maximum atomic E-state index is 4.45. The Hall–Kier alpha value is -2.10. The SMILES string of the molecule is CC1CCC(CNc2ncnc3c2[nH]c2ccccc23)CC1. The minimum Gasteiger partial charge on any atom is -0.368 e. The number of H-pyrrole nitrogens is 1. The van der Waals surface area contributed by atoms with Crippen LogP contribution in [0.1, 0.15) is 32.6 Å². The number of para-hydroxylation sites is 1. The maximum Gasteiger partial charge on any atom is 0.153 e. The van der Waals surface area contributed by atoms with Crippen LogP contribution in [0.5, 0.6) is 0 Å². The van der Waals surface area contributed by atoms with E-state index in [1.807, 2.05) is 12.1 Å². The number of benzene rings is 1. The van der Waals surface area contributed by atoms with Gasteiger partial charge in [0.15, 0.2) is 5.82 Å². The molecule has 0 aliphatic heterocycles. The van der Waals surface area contributed by atoms with E-state index in [4.69, 9.17) is 0 Å². The molecule has 0 radical (unpaired) electrons. The van der Waals surface area contributed by atoms with Crippen LogP contribution in [0, 0.1) is 11.8 Å². The Labute approximate surface area is 130 Å². The molecule has 0 atom stereocenters. The molecule has 1 aliphatic rings. The fourth-order valence-electron chi connectivity index (χ4n) is 3.55. The third-order valence-electron chi connectivity index (χ3n) is 4.98. The molecule has 2 heterocycles. The highest BCUT2D eigenvalue weighted by Gasteiger charge is 2.18. The largest absolute Gasteiger partial charge is 0.368 e. The second kappa shape index (κ2) is 5.59. The summed E-state index contributed by atoms with van der Waals surface area (Å²) in [6, 6.07) is 8.28. The molecule has 22 heavy (non-hydrogen) atoms. The molecule has 1 aliphatic carbocycles. The molecular weight excluding hydrogens is 272 g/mol. The summed E-state index contributed by atoms with van der Waals surface area (Å²) in [5, 5.41) is 4.71. The molecule has 0 amide bonds. The molecule has 1 aromatic carbocycles. The molecule has 0 saturated heterocycles. The summed E-state index contributed by atoms with van der Waals surface area (Å²) in [5.41, 5.74) is 3.14. The molecule has 1 saturated carbocycles. The monoisotopic (exact) mass is 294 g/mol. The van der Waals surface area contributed by atoms with Crippen molar-refractivity contribution in [3.05, 3.63) is 30.6 Å². The van der Waals surface area contributed by atoms with Crippen molar-refractivity contribution in [2.24, 2.45) is 11.8 Å². The molecular formula is C18H22N4. The average Bonchev–Trinajstić information content (AvgIpc) is 2.94. The first-order valence-electron chi connectivity index (χ1n) is 8.26. The summed E-state index contributed by atoms with van der Waals surface area (Å²) in [6.07, 6.45) is 7.04. The lowest BCUT2D eigenvalue weighted by molar-refractivity contribution is 0.300. The topological polar surface area (TPSA) is 53.6 Å². The Morgan fingerprint density at radius 3 is 2.82 bits per heavy atom. The van der Waals surface area contributed by atoms with Crippen molar-refractivity contribution in [2.75, 3.05) is 11.9 Å². The Morgan fingerprint density at radius 2 is 1.95 bits per heavy atom. The van der Waals surface area contributed by atoms with Gasteiger partial charge in [-0.15, -0.1) is 0 Å². The molecule has 114 valence electrons. The Kier molecular flexibility index (Phi) is 3.45. The van der Waals surface area contributed by atoms with Crippen LogP contribution in [-0.2, 0) is 0 Å². The van der Waals surface area contributed by atoms with E-state index in [-0.39, 0.29) is 0 Å². The van der Waals surface area contributed by atoms with Crippen molar-refractivity contribution >= 4 is 27.8 Å². The number of hydrogen-bond donors (Lipinski definition) is 2. The van der Waals surface area contributed by atoms with Crippen LogP contribution in [0.15, 0.2) is 30.6 Å². The van der Waals surface area contributed by atoms with E-state index >= 15 is 0 Å². The van der Waals surface area contributed by atoms with Crippen LogP contribution in [0.2, 0.25) is 0 Å². The molecule has 0 spiro atoms. The molecule has 4 rings (SSSR count). The lowest BCUT2D eigenvalue weighted by atomic mass is 9.83. The molecule has 2 N–H and O–H groups in total.